The lowest BCUT2D eigenvalue weighted by atomic mass is 9.87. The predicted octanol–water partition coefficient (Wildman–Crippen LogP) is 1.56. The second-order valence-electron chi connectivity index (χ2n) is 5.68. The number of piperidine rings is 1. The van der Waals surface area contributed by atoms with Crippen LogP contribution in [-0.2, 0) is 9.53 Å². The van der Waals surface area contributed by atoms with Gasteiger partial charge < -0.3 is 9.84 Å². The monoisotopic (exact) mass is 255 g/mol. The molecule has 0 unspecified atom stereocenters. The highest BCUT2D eigenvalue weighted by molar-refractivity contribution is 5.69. The second-order valence-corrected chi connectivity index (χ2v) is 5.68. The van der Waals surface area contributed by atoms with Gasteiger partial charge >= 0.3 is 5.97 Å². The lowest BCUT2D eigenvalue weighted by molar-refractivity contribution is -0.142. The topological polar surface area (TPSA) is 49.8 Å². The van der Waals surface area contributed by atoms with Crippen LogP contribution in [0.3, 0.4) is 0 Å². The van der Waals surface area contributed by atoms with Crippen molar-refractivity contribution < 1.29 is 14.6 Å². The van der Waals surface area contributed by atoms with Gasteiger partial charge in [0.25, 0.3) is 0 Å². The molecular weight excluding hydrogens is 230 g/mol. The van der Waals surface area contributed by atoms with Crippen molar-refractivity contribution in [1.29, 1.82) is 0 Å². The van der Waals surface area contributed by atoms with Gasteiger partial charge in [0, 0.05) is 12.5 Å². The maximum atomic E-state index is 11.2. The third-order valence-corrected chi connectivity index (χ3v) is 4.50. The van der Waals surface area contributed by atoms with Crippen LogP contribution >= 0.6 is 0 Å². The molecule has 0 aromatic rings. The Morgan fingerprint density at radius 1 is 1.22 bits per heavy atom. The van der Waals surface area contributed by atoms with Crippen LogP contribution in [-0.4, -0.2) is 48.3 Å². The maximum Gasteiger partial charge on any atom is 0.305 e. The SMILES string of the molecule is COC(=O)CC1CCN([C@@H]2CCCC[C@@H]2O)CC1. The first-order chi connectivity index (χ1) is 8.70. The quantitative estimate of drug-likeness (QED) is 0.778. The zero-order valence-corrected chi connectivity index (χ0v) is 11.3. The summed E-state index contributed by atoms with van der Waals surface area (Å²) < 4.78 is 4.72. The van der Waals surface area contributed by atoms with Crippen molar-refractivity contribution in [1.82, 2.24) is 4.90 Å². The molecule has 0 radical (unpaired) electrons. The summed E-state index contributed by atoms with van der Waals surface area (Å²) in [6, 6.07) is 0.359. The molecule has 4 nitrogen and oxygen atoms in total. The fourth-order valence-corrected chi connectivity index (χ4v) is 3.33. The molecule has 1 aliphatic carbocycles. The lowest BCUT2D eigenvalue weighted by Crippen LogP contribution is -2.48. The lowest BCUT2D eigenvalue weighted by Gasteiger charge is -2.41. The van der Waals surface area contributed by atoms with Crippen molar-refractivity contribution in [2.45, 2.75) is 57.1 Å². The minimum absolute atomic E-state index is 0.0915. The normalized spacial score (nSPS) is 31.2. The minimum Gasteiger partial charge on any atom is -0.469 e. The zero-order valence-electron chi connectivity index (χ0n) is 11.3. The van der Waals surface area contributed by atoms with Gasteiger partial charge in [-0.3, -0.25) is 9.69 Å². The molecule has 4 heteroatoms. The highest BCUT2D eigenvalue weighted by Gasteiger charge is 2.31. The molecule has 104 valence electrons. The Morgan fingerprint density at radius 2 is 1.89 bits per heavy atom. The van der Waals surface area contributed by atoms with Gasteiger partial charge in [0.2, 0.25) is 0 Å². The molecule has 2 rings (SSSR count). The number of aliphatic hydroxyl groups is 1. The van der Waals surface area contributed by atoms with Crippen LogP contribution in [0.5, 0.6) is 0 Å². The molecule has 18 heavy (non-hydrogen) atoms. The number of carbonyl (C=O) groups is 1. The van der Waals surface area contributed by atoms with Crippen LogP contribution in [0.15, 0.2) is 0 Å². The molecule has 0 bridgehead atoms. The van der Waals surface area contributed by atoms with E-state index in [4.69, 9.17) is 4.74 Å². The van der Waals surface area contributed by atoms with Crippen LogP contribution < -0.4 is 0 Å². The molecule has 0 aromatic heterocycles. The van der Waals surface area contributed by atoms with E-state index in [9.17, 15) is 9.90 Å². The van der Waals surface area contributed by atoms with Crippen LogP contribution in [0.1, 0.15) is 44.9 Å². The Labute approximate surface area is 109 Å². The van der Waals surface area contributed by atoms with E-state index in [2.05, 4.69) is 4.90 Å². The summed E-state index contributed by atoms with van der Waals surface area (Å²) in [5, 5.41) is 10.1. The van der Waals surface area contributed by atoms with E-state index in [-0.39, 0.29) is 12.1 Å². The number of aliphatic hydroxyl groups excluding tert-OH is 1. The van der Waals surface area contributed by atoms with Gasteiger partial charge in [-0.1, -0.05) is 12.8 Å². The van der Waals surface area contributed by atoms with Crippen molar-refractivity contribution in [3.63, 3.8) is 0 Å². The van der Waals surface area contributed by atoms with E-state index in [1.807, 2.05) is 0 Å². The van der Waals surface area contributed by atoms with E-state index in [0.29, 0.717) is 18.4 Å². The summed E-state index contributed by atoms with van der Waals surface area (Å²) in [5.41, 5.74) is 0. The van der Waals surface area contributed by atoms with Gasteiger partial charge in [0.1, 0.15) is 0 Å². The molecule has 2 atom stereocenters. The molecule has 2 aliphatic rings. The molecule has 0 spiro atoms. The van der Waals surface area contributed by atoms with Gasteiger partial charge in [-0.25, -0.2) is 0 Å². The van der Waals surface area contributed by atoms with Crippen LogP contribution in [0.4, 0.5) is 0 Å². The number of likely N-dealkylation sites (tertiary alicyclic amines) is 1. The number of hydrogen-bond donors (Lipinski definition) is 1. The third-order valence-electron chi connectivity index (χ3n) is 4.50. The largest absolute Gasteiger partial charge is 0.469 e. The van der Waals surface area contributed by atoms with Gasteiger partial charge in [0.05, 0.1) is 13.2 Å². The number of esters is 1. The highest BCUT2D eigenvalue weighted by Crippen LogP contribution is 2.28. The molecule has 0 aromatic carbocycles. The fraction of sp³-hybridized carbons (Fsp3) is 0.929. The molecule has 1 saturated heterocycles. The molecule has 1 N–H and O–H groups in total. The smallest absolute Gasteiger partial charge is 0.305 e. The number of methoxy groups -OCH3 is 1. The van der Waals surface area contributed by atoms with E-state index >= 15 is 0 Å². The first-order valence-corrected chi connectivity index (χ1v) is 7.19. The number of rotatable bonds is 3. The first kappa shape index (κ1) is 13.8. The second kappa shape index (κ2) is 6.53. The van der Waals surface area contributed by atoms with Gasteiger partial charge in [-0.05, 0) is 44.7 Å². The Hall–Kier alpha value is -0.610. The van der Waals surface area contributed by atoms with E-state index in [1.54, 1.807) is 0 Å². The van der Waals surface area contributed by atoms with Crippen molar-refractivity contribution in [2.75, 3.05) is 20.2 Å². The molecule has 1 saturated carbocycles. The summed E-state index contributed by atoms with van der Waals surface area (Å²) in [5.74, 6) is 0.376. The zero-order chi connectivity index (χ0) is 13.0. The average molecular weight is 255 g/mol. The predicted molar refractivity (Wildman–Crippen MR) is 69.2 cm³/mol. The summed E-state index contributed by atoms with van der Waals surface area (Å²) >= 11 is 0. The van der Waals surface area contributed by atoms with Gasteiger partial charge in [-0.15, -0.1) is 0 Å². The Balaban J connectivity index is 1.77. The number of ether oxygens (including phenoxy) is 1. The standard InChI is InChI=1S/C14H25NO3/c1-18-14(17)10-11-6-8-15(9-7-11)12-4-2-3-5-13(12)16/h11-13,16H,2-10H2,1H3/t12-,13+/m1/s1. The number of carbonyl (C=O) groups excluding carboxylic acids is 1. The van der Waals surface area contributed by atoms with Crippen LogP contribution in [0.25, 0.3) is 0 Å². The minimum atomic E-state index is -0.143. The van der Waals surface area contributed by atoms with Crippen LogP contribution in [0.2, 0.25) is 0 Å². The summed E-state index contributed by atoms with van der Waals surface area (Å²) in [6.07, 6.45) is 7.00. The van der Waals surface area contributed by atoms with Crippen molar-refractivity contribution in [2.24, 2.45) is 5.92 Å². The Morgan fingerprint density at radius 3 is 2.50 bits per heavy atom. The first-order valence-electron chi connectivity index (χ1n) is 7.19. The van der Waals surface area contributed by atoms with Gasteiger partial charge in [-0.2, -0.15) is 0 Å². The molecule has 2 fully saturated rings. The van der Waals surface area contributed by atoms with E-state index in [0.717, 1.165) is 45.2 Å². The molecular formula is C14H25NO3. The molecule has 0 amide bonds. The Bertz CT molecular complexity index is 274. The van der Waals surface area contributed by atoms with E-state index < -0.39 is 0 Å². The highest BCUT2D eigenvalue weighted by atomic mass is 16.5. The van der Waals surface area contributed by atoms with Crippen molar-refractivity contribution in [3.05, 3.63) is 0 Å². The summed E-state index contributed by atoms with van der Waals surface area (Å²) in [6.45, 7) is 2.03. The number of hydrogen-bond acceptors (Lipinski definition) is 4. The third kappa shape index (κ3) is 3.45. The molecule has 1 aliphatic heterocycles. The van der Waals surface area contributed by atoms with Gasteiger partial charge in [0.15, 0.2) is 0 Å². The number of nitrogens with zero attached hydrogens (tertiary/aromatic N) is 1. The fourth-order valence-electron chi connectivity index (χ4n) is 3.33. The summed E-state index contributed by atoms with van der Waals surface area (Å²) in [7, 11) is 1.45. The summed E-state index contributed by atoms with van der Waals surface area (Å²) in [4.78, 5) is 13.7. The molecule has 1 heterocycles. The Kier molecular flexibility index (Phi) is 5.01. The van der Waals surface area contributed by atoms with Crippen LogP contribution in [0, 0.1) is 5.92 Å². The average Bonchev–Trinajstić information content (AvgIpc) is 2.40. The van der Waals surface area contributed by atoms with Crippen molar-refractivity contribution in [3.8, 4) is 0 Å². The van der Waals surface area contributed by atoms with E-state index in [1.165, 1.54) is 13.5 Å². The van der Waals surface area contributed by atoms with Crippen molar-refractivity contribution >= 4 is 5.97 Å². The maximum absolute atomic E-state index is 11.2.